The van der Waals surface area contributed by atoms with Crippen LogP contribution in [0.5, 0.6) is 0 Å². The summed E-state index contributed by atoms with van der Waals surface area (Å²) in [6.45, 7) is 2.65. The van der Waals surface area contributed by atoms with Gasteiger partial charge in [-0.2, -0.15) is 0 Å². The van der Waals surface area contributed by atoms with E-state index in [-0.39, 0.29) is 18.7 Å². The van der Waals surface area contributed by atoms with Crippen molar-refractivity contribution in [2.24, 2.45) is 0 Å². The Morgan fingerprint density at radius 1 is 1.30 bits per heavy atom. The molecule has 0 spiro atoms. The fraction of sp³-hybridized carbons (Fsp3) is 0.312. The normalized spacial score (nSPS) is 11.0. The van der Waals surface area contributed by atoms with E-state index < -0.39 is 0 Å². The fourth-order valence-corrected chi connectivity index (χ4v) is 3.12. The Morgan fingerprint density at radius 2 is 2.13 bits per heavy atom. The van der Waals surface area contributed by atoms with Crippen LogP contribution in [0, 0.1) is 0 Å². The molecule has 0 bridgehead atoms. The molecule has 0 amide bonds. The maximum atomic E-state index is 12.6. The van der Waals surface area contributed by atoms with Crippen LogP contribution in [-0.4, -0.2) is 26.2 Å². The Bertz CT molecular complexity index is 872. The van der Waals surface area contributed by atoms with Crippen LogP contribution in [0.2, 0.25) is 0 Å². The summed E-state index contributed by atoms with van der Waals surface area (Å²) < 4.78 is 1.47. The highest BCUT2D eigenvalue weighted by Gasteiger charge is 2.11. The first-order chi connectivity index (χ1) is 11.2. The number of hydrogen-bond donors (Lipinski definition) is 2. The van der Waals surface area contributed by atoms with Gasteiger partial charge in [-0.3, -0.25) is 9.36 Å². The van der Waals surface area contributed by atoms with Crippen molar-refractivity contribution in [1.82, 2.24) is 14.5 Å². The quantitative estimate of drug-likeness (QED) is 0.723. The van der Waals surface area contributed by atoms with E-state index in [0.29, 0.717) is 23.4 Å². The van der Waals surface area contributed by atoms with Crippen molar-refractivity contribution in [3.63, 3.8) is 0 Å². The van der Waals surface area contributed by atoms with Gasteiger partial charge in [0.25, 0.3) is 5.56 Å². The van der Waals surface area contributed by atoms with Gasteiger partial charge in [0.2, 0.25) is 5.95 Å². The number of anilines is 1. The topological polar surface area (TPSA) is 80.0 Å². The molecule has 3 rings (SSSR count). The first-order valence-corrected chi connectivity index (χ1v) is 8.38. The summed E-state index contributed by atoms with van der Waals surface area (Å²) in [5.41, 5.74) is 1.41. The van der Waals surface area contributed by atoms with E-state index in [1.807, 2.05) is 23.6 Å². The van der Waals surface area contributed by atoms with Crippen molar-refractivity contribution in [3.05, 3.63) is 50.7 Å². The van der Waals surface area contributed by atoms with Crippen LogP contribution < -0.4 is 10.9 Å². The molecule has 0 fully saturated rings. The summed E-state index contributed by atoms with van der Waals surface area (Å²) >= 11 is 1.62. The van der Waals surface area contributed by atoms with Crippen molar-refractivity contribution in [3.8, 4) is 0 Å². The van der Waals surface area contributed by atoms with Gasteiger partial charge in [-0.05, 0) is 18.6 Å². The summed E-state index contributed by atoms with van der Waals surface area (Å²) in [5.74, 6) is 0.453. The van der Waals surface area contributed by atoms with Crippen LogP contribution in [0.1, 0.15) is 17.6 Å². The van der Waals surface area contributed by atoms with Gasteiger partial charge in [0.05, 0.1) is 41.3 Å². The van der Waals surface area contributed by atoms with Crippen molar-refractivity contribution in [1.29, 1.82) is 0 Å². The van der Waals surface area contributed by atoms with Crippen molar-refractivity contribution >= 4 is 28.2 Å². The van der Waals surface area contributed by atoms with E-state index >= 15 is 0 Å². The lowest BCUT2D eigenvalue weighted by molar-refractivity contribution is 0.275. The molecule has 0 radical (unpaired) electrons. The minimum absolute atomic E-state index is 0.120. The molecule has 2 heterocycles. The van der Waals surface area contributed by atoms with Gasteiger partial charge in [0, 0.05) is 5.38 Å². The van der Waals surface area contributed by atoms with E-state index in [2.05, 4.69) is 22.2 Å². The van der Waals surface area contributed by atoms with Gasteiger partial charge >= 0.3 is 0 Å². The molecule has 0 saturated heterocycles. The molecule has 0 aliphatic rings. The molecule has 2 aromatic heterocycles. The zero-order valence-electron chi connectivity index (χ0n) is 12.8. The average Bonchev–Trinajstić information content (AvgIpc) is 3.04. The lowest BCUT2D eigenvalue weighted by Gasteiger charge is -2.13. The number of fused-ring (bicyclic) bond motifs is 1. The number of aliphatic hydroxyl groups is 1. The first-order valence-electron chi connectivity index (χ1n) is 7.50. The second-order valence-corrected chi connectivity index (χ2v) is 6.02. The maximum absolute atomic E-state index is 12.6. The molecule has 0 unspecified atom stereocenters. The largest absolute Gasteiger partial charge is 0.395 e. The van der Waals surface area contributed by atoms with E-state index in [1.54, 1.807) is 17.4 Å². The molecule has 0 atom stereocenters. The number of nitrogens with one attached hydrogen (secondary N) is 1. The second-order valence-electron chi connectivity index (χ2n) is 5.07. The first kappa shape index (κ1) is 15.6. The third-order valence-electron chi connectivity index (χ3n) is 3.51. The van der Waals surface area contributed by atoms with Gasteiger partial charge < -0.3 is 10.4 Å². The summed E-state index contributed by atoms with van der Waals surface area (Å²) in [6.07, 6.45) is 0.911. The van der Waals surface area contributed by atoms with Crippen molar-refractivity contribution < 1.29 is 5.11 Å². The molecule has 1 aromatic carbocycles. The predicted octanol–water partition coefficient (Wildman–Crippen LogP) is 2.02. The molecule has 120 valence electrons. The maximum Gasteiger partial charge on any atom is 0.262 e. The molecule has 0 aliphatic heterocycles. The zero-order chi connectivity index (χ0) is 16.2. The van der Waals surface area contributed by atoms with Crippen LogP contribution in [0.3, 0.4) is 0 Å². The Labute approximate surface area is 137 Å². The third kappa shape index (κ3) is 3.25. The highest BCUT2D eigenvalue weighted by atomic mass is 32.1. The standard InChI is InChI=1S/C16H18N4O2S/c1-2-14-18-11(10-23-14)9-17-16-19-13-6-4-3-5-12(13)15(22)20(16)7-8-21/h3-6,10,21H,2,7-9H2,1H3,(H,17,19). The van der Waals surface area contributed by atoms with Gasteiger partial charge in [0.1, 0.15) is 0 Å². The molecule has 2 N–H and O–H groups in total. The van der Waals surface area contributed by atoms with Crippen LogP contribution in [-0.2, 0) is 19.5 Å². The molecule has 0 saturated carbocycles. The smallest absolute Gasteiger partial charge is 0.262 e. The van der Waals surface area contributed by atoms with Gasteiger partial charge in [-0.1, -0.05) is 19.1 Å². The summed E-state index contributed by atoms with van der Waals surface area (Å²) in [6, 6.07) is 7.21. The number of thiazole rings is 1. The summed E-state index contributed by atoms with van der Waals surface area (Å²) in [7, 11) is 0. The number of benzene rings is 1. The third-order valence-corrected chi connectivity index (χ3v) is 4.56. The lowest BCUT2D eigenvalue weighted by Crippen LogP contribution is -2.26. The fourth-order valence-electron chi connectivity index (χ4n) is 2.37. The molecule has 3 aromatic rings. The lowest BCUT2D eigenvalue weighted by atomic mass is 10.2. The zero-order valence-corrected chi connectivity index (χ0v) is 13.6. The average molecular weight is 330 g/mol. The van der Waals surface area contributed by atoms with Crippen molar-refractivity contribution in [2.75, 3.05) is 11.9 Å². The molecule has 23 heavy (non-hydrogen) atoms. The van der Waals surface area contributed by atoms with Crippen molar-refractivity contribution in [2.45, 2.75) is 26.4 Å². The number of rotatable bonds is 6. The molecule has 6 nitrogen and oxygen atoms in total. The molecule has 0 aliphatic carbocycles. The van der Waals surface area contributed by atoms with E-state index in [4.69, 9.17) is 0 Å². The number of para-hydroxylation sites is 1. The Hall–Kier alpha value is -2.25. The number of hydrogen-bond acceptors (Lipinski definition) is 6. The molecular weight excluding hydrogens is 312 g/mol. The highest BCUT2D eigenvalue weighted by molar-refractivity contribution is 7.09. The number of aliphatic hydroxyl groups excluding tert-OH is 1. The minimum atomic E-state index is -0.153. The Balaban J connectivity index is 1.94. The molecule has 7 heteroatoms. The van der Waals surface area contributed by atoms with Gasteiger partial charge in [-0.25, -0.2) is 9.97 Å². The summed E-state index contributed by atoms with van der Waals surface area (Å²) in [5, 5.41) is 16.0. The Morgan fingerprint density at radius 3 is 2.87 bits per heavy atom. The molecular formula is C16H18N4O2S. The highest BCUT2D eigenvalue weighted by Crippen LogP contribution is 2.14. The van der Waals surface area contributed by atoms with Gasteiger partial charge in [-0.15, -0.1) is 11.3 Å². The minimum Gasteiger partial charge on any atom is -0.395 e. The van der Waals surface area contributed by atoms with Crippen LogP contribution in [0.4, 0.5) is 5.95 Å². The van der Waals surface area contributed by atoms with Crippen LogP contribution in [0.15, 0.2) is 34.4 Å². The number of aryl methyl sites for hydroxylation is 1. The predicted molar refractivity (Wildman–Crippen MR) is 91.9 cm³/mol. The Kier molecular flexibility index (Phi) is 4.68. The summed E-state index contributed by atoms with van der Waals surface area (Å²) in [4.78, 5) is 21.6. The van der Waals surface area contributed by atoms with E-state index in [0.717, 1.165) is 17.1 Å². The van der Waals surface area contributed by atoms with E-state index in [1.165, 1.54) is 4.57 Å². The van der Waals surface area contributed by atoms with E-state index in [9.17, 15) is 9.90 Å². The SMILES string of the molecule is CCc1nc(CNc2nc3ccccc3c(=O)n2CCO)cs1. The monoisotopic (exact) mass is 330 g/mol. The number of nitrogens with zero attached hydrogens (tertiary/aromatic N) is 3. The van der Waals surface area contributed by atoms with Crippen LogP contribution >= 0.6 is 11.3 Å². The van der Waals surface area contributed by atoms with Gasteiger partial charge in [0.15, 0.2) is 0 Å². The second kappa shape index (κ2) is 6.89. The number of aromatic nitrogens is 3. The van der Waals surface area contributed by atoms with Crippen LogP contribution in [0.25, 0.3) is 10.9 Å².